The topological polar surface area (TPSA) is 0 Å². The largest absolute Gasteiger partial charge is 0.135 e. The van der Waals surface area contributed by atoms with Crippen LogP contribution in [0, 0.1) is 6.92 Å². The number of aryl methyl sites for hydroxylation is 1. The quantitative estimate of drug-likeness (QED) is 0.306. The lowest BCUT2D eigenvalue weighted by Gasteiger charge is -2.05. The van der Waals surface area contributed by atoms with Gasteiger partial charge in [-0.25, -0.2) is 0 Å². The highest BCUT2D eigenvalue weighted by atomic mass is 32.1. The van der Waals surface area contributed by atoms with Gasteiger partial charge in [0.05, 0.1) is 0 Å². The molecule has 0 saturated heterocycles. The zero-order valence-corrected chi connectivity index (χ0v) is 15.4. The van der Waals surface area contributed by atoms with Crippen LogP contribution in [0.2, 0.25) is 0 Å². The monoisotopic (exact) mass is 350 g/mol. The Morgan fingerprint density at radius 2 is 1.15 bits per heavy atom. The van der Waals surface area contributed by atoms with Crippen LogP contribution in [0.3, 0.4) is 0 Å². The molecule has 4 aromatic carbocycles. The maximum absolute atomic E-state index is 2.33. The fraction of sp³-hybridized carbons (Fsp3) is 0.0400. The van der Waals surface area contributed by atoms with Gasteiger partial charge in [0.15, 0.2) is 0 Å². The zero-order chi connectivity index (χ0) is 17.5. The van der Waals surface area contributed by atoms with Gasteiger partial charge in [-0.2, -0.15) is 0 Å². The predicted molar refractivity (Wildman–Crippen MR) is 115 cm³/mol. The molecule has 0 unspecified atom stereocenters. The second kappa shape index (κ2) is 6.12. The normalized spacial score (nSPS) is 11.3. The minimum atomic E-state index is 1.26. The first-order valence-corrected chi connectivity index (χ1v) is 9.68. The summed E-state index contributed by atoms with van der Waals surface area (Å²) in [6.07, 6.45) is 0. The summed E-state index contributed by atoms with van der Waals surface area (Å²) in [6.45, 7) is 2.16. The Bertz CT molecular complexity index is 1210. The first kappa shape index (κ1) is 15.4. The molecular weight excluding hydrogens is 332 g/mol. The lowest BCUT2D eigenvalue weighted by atomic mass is 9.99. The van der Waals surface area contributed by atoms with E-state index < -0.39 is 0 Å². The first-order chi connectivity index (χ1) is 12.8. The van der Waals surface area contributed by atoms with Crippen LogP contribution in [-0.4, -0.2) is 0 Å². The van der Waals surface area contributed by atoms with Gasteiger partial charge in [-0.15, -0.1) is 11.3 Å². The van der Waals surface area contributed by atoms with Gasteiger partial charge in [0, 0.05) is 20.2 Å². The average molecular weight is 350 g/mol. The SMILES string of the molecule is Cc1ccc2c(c1)sc1ccc(-c3ccc(-c4ccccc4)cc3)cc12. The van der Waals surface area contributed by atoms with E-state index in [4.69, 9.17) is 0 Å². The standard InChI is InChI=1S/C25H18S/c1-17-7-13-22-23-16-21(12-14-24(23)26-25(22)15-17)20-10-8-19(9-11-20)18-5-3-2-4-6-18/h2-16H,1H3. The van der Waals surface area contributed by atoms with Gasteiger partial charge in [-0.05, 0) is 52.9 Å². The van der Waals surface area contributed by atoms with E-state index in [1.165, 1.54) is 48.0 Å². The molecule has 0 radical (unpaired) electrons. The molecule has 1 aromatic heterocycles. The fourth-order valence-electron chi connectivity index (χ4n) is 3.55. The van der Waals surface area contributed by atoms with Crippen molar-refractivity contribution in [3.05, 3.63) is 96.6 Å². The van der Waals surface area contributed by atoms with Crippen molar-refractivity contribution in [1.29, 1.82) is 0 Å². The molecule has 0 atom stereocenters. The predicted octanol–water partition coefficient (Wildman–Crippen LogP) is 7.70. The minimum Gasteiger partial charge on any atom is -0.135 e. The summed E-state index contributed by atoms with van der Waals surface area (Å²) in [5.74, 6) is 0. The third kappa shape index (κ3) is 2.61. The summed E-state index contributed by atoms with van der Waals surface area (Å²) in [7, 11) is 0. The van der Waals surface area contributed by atoms with Gasteiger partial charge in [0.1, 0.15) is 0 Å². The van der Waals surface area contributed by atoms with E-state index >= 15 is 0 Å². The maximum atomic E-state index is 2.33. The van der Waals surface area contributed by atoms with Crippen LogP contribution in [0.4, 0.5) is 0 Å². The van der Waals surface area contributed by atoms with Crippen LogP contribution in [0.15, 0.2) is 91.0 Å². The highest BCUT2D eigenvalue weighted by molar-refractivity contribution is 7.25. The molecule has 0 spiro atoms. The lowest BCUT2D eigenvalue weighted by molar-refractivity contribution is 1.52. The van der Waals surface area contributed by atoms with Crippen LogP contribution < -0.4 is 0 Å². The Morgan fingerprint density at radius 3 is 1.92 bits per heavy atom. The van der Waals surface area contributed by atoms with Gasteiger partial charge in [0.25, 0.3) is 0 Å². The summed E-state index contributed by atoms with van der Waals surface area (Å²) < 4.78 is 2.73. The van der Waals surface area contributed by atoms with Crippen molar-refractivity contribution >= 4 is 31.5 Å². The number of fused-ring (bicyclic) bond motifs is 3. The molecule has 0 bridgehead atoms. The van der Waals surface area contributed by atoms with Gasteiger partial charge < -0.3 is 0 Å². The van der Waals surface area contributed by atoms with Crippen molar-refractivity contribution in [3.8, 4) is 22.3 Å². The first-order valence-electron chi connectivity index (χ1n) is 8.87. The molecule has 1 heterocycles. The van der Waals surface area contributed by atoms with Crippen LogP contribution >= 0.6 is 11.3 Å². The Balaban J connectivity index is 1.59. The fourth-order valence-corrected chi connectivity index (χ4v) is 4.73. The van der Waals surface area contributed by atoms with E-state index in [1.807, 2.05) is 11.3 Å². The van der Waals surface area contributed by atoms with Crippen LogP contribution in [0.25, 0.3) is 42.4 Å². The summed E-state index contributed by atoms with van der Waals surface area (Å²) in [5, 5.41) is 2.72. The van der Waals surface area contributed by atoms with Gasteiger partial charge in [0.2, 0.25) is 0 Å². The van der Waals surface area contributed by atoms with Crippen molar-refractivity contribution in [2.24, 2.45) is 0 Å². The van der Waals surface area contributed by atoms with Gasteiger partial charge >= 0.3 is 0 Å². The van der Waals surface area contributed by atoms with E-state index in [0.29, 0.717) is 0 Å². The summed E-state index contributed by atoms with van der Waals surface area (Å²) >= 11 is 1.88. The van der Waals surface area contributed by atoms with E-state index in [9.17, 15) is 0 Å². The molecule has 0 aliphatic carbocycles. The second-order valence-electron chi connectivity index (χ2n) is 6.76. The molecule has 5 rings (SSSR count). The lowest BCUT2D eigenvalue weighted by Crippen LogP contribution is -1.80. The number of benzene rings is 4. The van der Waals surface area contributed by atoms with Crippen molar-refractivity contribution in [2.75, 3.05) is 0 Å². The van der Waals surface area contributed by atoms with Gasteiger partial charge in [-0.3, -0.25) is 0 Å². The summed E-state index contributed by atoms with van der Waals surface area (Å²) in [5.41, 5.74) is 6.37. The van der Waals surface area contributed by atoms with Crippen molar-refractivity contribution in [2.45, 2.75) is 6.92 Å². The molecule has 1 heteroatoms. The summed E-state index contributed by atoms with van der Waals surface area (Å²) in [6, 6.07) is 33.0. The third-order valence-corrected chi connectivity index (χ3v) is 6.09. The molecule has 0 N–H and O–H groups in total. The second-order valence-corrected chi connectivity index (χ2v) is 7.84. The number of thiophene rings is 1. The number of hydrogen-bond donors (Lipinski definition) is 0. The Kier molecular flexibility index (Phi) is 3.62. The van der Waals surface area contributed by atoms with Crippen molar-refractivity contribution < 1.29 is 0 Å². The molecule has 0 amide bonds. The number of hydrogen-bond acceptors (Lipinski definition) is 1. The van der Waals surface area contributed by atoms with Crippen molar-refractivity contribution in [1.82, 2.24) is 0 Å². The Morgan fingerprint density at radius 1 is 0.500 bits per heavy atom. The molecule has 0 fully saturated rings. The highest BCUT2D eigenvalue weighted by Crippen LogP contribution is 2.37. The third-order valence-electron chi connectivity index (χ3n) is 4.95. The zero-order valence-electron chi connectivity index (χ0n) is 14.6. The molecule has 0 aliphatic heterocycles. The van der Waals surface area contributed by atoms with Crippen LogP contribution in [-0.2, 0) is 0 Å². The van der Waals surface area contributed by atoms with E-state index in [-0.39, 0.29) is 0 Å². The molecule has 124 valence electrons. The van der Waals surface area contributed by atoms with Crippen LogP contribution in [0.5, 0.6) is 0 Å². The number of rotatable bonds is 2. The molecule has 0 saturated carbocycles. The minimum absolute atomic E-state index is 1.26. The molecule has 26 heavy (non-hydrogen) atoms. The smallest absolute Gasteiger partial charge is 0.0358 e. The van der Waals surface area contributed by atoms with Crippen LogP contribution in [0.1, 0.15) is 5.56 Å². The Hall–Kier alpha value is -2.90. The van der Waals surface area contributed by atoms with E-state index in [0.717, 1.165) is 0 Å². The van der Waals surface area contributed by atoms with Crippen molar-refractivity contribution in [3.63, 3.8) is 0 Å². The molecule has 0 aliphatic rings. The van der Waals surface area contributed by atoms with E-state index in [2.05, 4.69) is 97.9 Å². The Labute approximate surface area is 157 Å². The van der Waals surface area contributed by atoms with E-state index in [1.54, 1.807) is 0 Å². The average Bonchev–Trinajstić information content (AvgIpc) is 3.05. The maximum Gasteiger partial charge on any atom is 0.0358 e. The molecule has 5 aromatic rings. The molecule has 0 nitrogen and oxygen atoms in total. The molecular formula is C25H18S. The summed E-state index contributed by atoms with van der Waals surface area (Å²) in [4.78, 5) is 0. The van der Waals surface area contributed by atoms with Gasteiger partial charge in [-0.1, -0.05) is 72.8 Å². The highest BCUT2D eigenvalue weighted by Gasteiger charge is 2.07.